The Kier molecular flexibility index (Phi) is 7.79. The normalized spacial score (nSPS) is 29.6. The molecule has 1 saturated carbocycles. The summed E-state index contributed by atoms with van der Waals surface area (Å²) >= 11 is 0. The van der Waals surface area contributed by atoms with Crippen molar-refractivity contribution in [1.29, 1.82) is 0 Å². The molecule has 0 spiro atoms. The molecular weight excluding hydrogens is 531 g/mol. The fraction of sp³-hybridized carbons (Fsp3) is 0.714. The van der Waals surface area contributed by atoms with Crippen molar-refractivity contribution in [3.63, 3.8) is 0 Å². The summed E-state index contributed by atoms with van der Waals surface area (Å²) < 4.78 is 94.5. The molecule has 4 rings (SSSR count). The fourth-order valence-corrected chi connectivity index (χ4v) is 7.31. The van der Waals surface area contributed by atoms with Crippen molar-refractivity contribution < 1.29 is 45.4 Å². The fourth-order valence-electron chi connectivity index (χ4n) is 7.31. The van der Waals surface area contributed by atoms with Crippen LogP contribution in [-0.4, -0.2) is 46.8 Å². The van der Waals surface area contributed by atoms with E-state index in [0.29, 0.717) is 62.8 Å². The number of hydrogen-bond donors (Lipinski definition) is 1. The van der Waals surface area contributed by atoms with Crippen molar-refractivity contribution in [1.82, 2.24) is 4.90 Å². The molecular formula is C28H34F7NO3. The van der Waals surface area contributed by atoms with E-state index in [0.717, 1.165) is 18.9 Å². The Bertz CT molecular complexity index is 1090. The van der Waals surface area contributed by atoms with Crippen LogP contribution in [0.2, 0.25) is 0 Å². The van der Waals surface area contributed by atoms with Crippen molar-refractivity contribution in [2.75, 3.05) is 6.54 Å². The van der Waals surface area contributed by atoms with Gasteiger partial charge in [0.05, 0.1) is 5.92 Å². The van der Waals surface area contributed by atoms with Gasteiger partial charge in [0, 0.05) is 29.5 Å². The van der Waals surface area contributed by atoms with Crippen LogP contribution in [0.25, 0.3) is 0 Å². The number of carbonyl (C=O) groups excluding carboxylic acids is 1. The number of unbranched alkanes of at least 4 members (excludes halogenated alkanes) is 1. The third-order valence-electron chi connectivity index (χ3n) is 9.35. The van der Waals surface area contributed by atoms with Crippen LogP contribution in [0.4, 0.5) is 30.7 Å². The van der Waals surface area contributed by atoms with Gasteiger partial charge in [-0.3, -0.25) is 9.59 Å². The first kappa shape index (κ1) is 29.6. The van der Waals surface area contributed by atoms with E-state index in [9.17, 15) is 45.4 Å². The monoisotopic (exact) mass is 565 g/mol. The van der Waals surface area contributed by atoms with Gasteiger partial charge >= 0.3 is 24.0 Å². The molecule has 0 aromatic heterocycles. The second kappa shape index (κ2) is 10.3. The Balaban J connectivity index is 1.61. The molecule has 1 heterocycles. The molecule has 1 amide bonds. The number of fused-ring (bicyclic) bond motifs is 3. The Morgan fingerprint density at radius 2 is 1.72 bits per heavy atom. The minimum absolute atomic E-state index is 0.0314. The molecule has 0 bridgehead atoms. The zero-order valence-corrected chi connectivity index (χ0v) is 22.0. The van der Waals surface area contributed by atoms with Gasteiger partial charge in [-0.2, -0.15) is 26.3 Å². The number of rotatable bonds is 6. The van der Waals surface area contributed by atoms with Crippen LogP contribution in [-0.2, 0) is 21.7 Å². The van der Waals surface area contributed by atoms with Crippen molar-refractivity contribution in [3.05, 3.63) is 34.9 Å². The lowest BCUT2D eigenvalue weighted by Crippen LogP contribution is -2.51. The van der Waals surface area contributed by atoms with Crippen molar-refractivity contribution in [3.8, 4) is 0 Å². The van der Waals surface area contributed by atoms with Crippen LogP contribution in [0.5, 0.6) is 0 Å². The van der Waals surface area contributed by atoms with E-state index in [2.05, 4.69) is 0 Å². The number of likely N-dealkylation sites (tertiary alicyclic amines) is 1. The summed E-state index contributed by atoms with van der Waals surface area (Å²) in [6.45, 7) is 4.28. The first-order chi connectivity index (χ1) is 18.1. The van der Waals surface area contributed by atoms with E-state index in [1.807, 2.05) is 18.7 Å². The second-order valence-electron chi connectivity index (χ2n) is 11.6. The highest BCUT2D eigenvalue weighted by molar-refractivity contribution is 5.84. The van der Waals surface area contributed by atoms with E-state index >= 15 is 0 Å². The number of carboxylic acid groups (broad SMARTS) is 1. The van der Waals surface area contributed by atoms with E-state index < -0.39 is 40.9 Å². The molecule has 1 saturated heterocycles. The smallest absolute Gasteiger partial charge is 0.435 e. The predicted octanol–water partition coefficient (Wildman–Crippen LogP) is 7.30. The van der Waals surface area contributed by atoms with Crippen LogP contribution in [0.1, 0.15) is 87.8 Å². The quantitative estimate of drug-likeness (QED) is 0.368. The first-order valence-electron chi connectivity index (χ1n) is 13.6. The molecule has 5 atom stereocenters. The number of halogens is 7. The summed E-state index contributed by atoms with van der Waals surface area (Å²) in [5, 5.41) is 9.57. The number of amides is 1. The Morgan fingerprint density at radius 1 is 1.05 bits per heavy atom. The number of aryl methyl sites for hydroxylation is 1. The van der Waals surface area contributed by atoms with Gasteiger partial charge in [0.25, 0.3) is 0 Å². The first-order valence-corrected chi connectivity index (χ1v) is 13.6. The largest absolute Gasteiger partial charge is 0.481 e. The van der Waals surface area contributed by atoms with E-state index in [4.69, 9.17) is 0 Å². The van der Waals surface area contributed by atoms with Crippen molar-refractivity contribution >= 4 is 11.9 Å². The summed E-state index contributed by atoms with van der Waals surface area (Å²) in [4.78, 5) is 27.6. The number of alkyl halides is 7. The number of nitrogens with zero attached hydrogens (tertiary/aromatic N) is 1. The number of carboxylic acids is 1. The molecule has 39 heavy (non-hydrogen) atoms. The second-order valence-corrected chi connectivity index (χ2v) is 11.6. The number of hydrogen-bond acceptors (Lipinski definition) is 2. The third-order valence-corrected chi connectivity index (χ3v) is 9.35. The van der Waals surface area contributed by atoms with E-state index in [1.165, 1.54) is 0 Å². The lowest BCUT2D eigenvalue weighted by Gasteiger charge is -2.45. The van der Waals surface area contributed by atoms with Gasteiger partial charge in [-0.15, -0.1) is 0 Å². The van der Waals surface area contributed by atoms with Crippen molar-refractivity contribution in [2.24, 2.45) is 17.3 Å². The van der Waals surface area contributed by atoms with Gasteiger partial charge in [-0.05, 0) is 62.0 Å². The Labute approximate surface area is 222 Å². The highest BCUT2D eigenvalue weighted by Gasteiger charge is 2.73. The highest BCUT2D eigenvalue weighted by Crippen LogP contribution is 2.55. The molecule has 11 heteroatoms. The number of aliphatic carboxylic acids is 1. The van der Waals surface area contributed by atoms with Crippen LogP contribution in [0, 0.1) is 17.3 Å². The standard InChI is InChI=1S/C28H34F7NO3/c1-3-4-11-25(12-9-19(23(37)38)16(2)15-25)24(39)36-13-10-21-20-7-6-18(14-17(20)5-8-22(21)36)26(29,27(30,31)32)28(33,34)35/h6-7,14,16,19,21-22H,3-5,8-13,15H2,1-2H3,(H,37,38)/t16-,19-,21+,22-,25+/m1/s1. The average Bonchev–Trinajstić information content (AvgIpc) is 3.29. The maximum atomic E-state index is 14.7. The highest BCUT2D eigenvalue weighted by atomic mass is 19.4. The minimum Gasteiger partial charge on any atom is -0.481 e. The average molecular weight is 566 g/mol. The zero-order chi connectivity index (χ0) is 29.0. The predicted molar refractivity (Wildman–Crippen MR) is 129 cm³/mol. The molecule has 4 nitrogen and oxygen atoms in total. The molecule has 0 radical (unpaired) electrons. The minimum atomic E-state index is -6.17. The van der Waals surface area contributed by atoms with Crippen LogP contribution in [0.3, 0.4) is 0 Å². The van der Waals surface area contributed by atoms with E-state index in [1.54, 1.807) is 0 Å². The summed E-state index contributed by atoms with van der Waals surface area (Å²) in [6.07, 6.45) is -7.71. The maximum Gasteiger partial charge on any atom is 0.435 e. The molecule has 0 unspecified atom stereocenters. The lowest BCUT2D eigenvalue weighted by molar-refractivity contribution is -0.348. The topological polar surface area (TPSA) is 57.6 Å². The molecule has 2 aliphatic carbocycles. The van der Waals surface area contributed by atoms with Crippen LogP contribution < -0.4 is 0 Å². The number of benzene rings is 1. The molecule has 1 aliphatic heterocycles. The van der Waals surface area contributed by atoms with E-state index in [-0.39, 0.29) is 35.8 Å². The maximum absolute atomic E-state index is 14.7. The molecule has 1 aromatic rings. The molecule has 1 aromatic carbocycles. The zero-order valence-electron chi connectivity index (χ0n) is 22.0. The molecule has 218 valence electrons. The van der Waals surface area contributed by atoms with Crippen molar-refractivity contribution in [2.45, 2.75) is 102 Å². The summed E-state index contributed by atoms with van der Waals surface area (Å²) in [5.74, 6) is -1.85. The van der Waals surface area contributed by atoms with Gasteiger partial charge in [-0.25, -0.2) is 4.39 Å². The van der Waals surface area contributed by atoms with Gasteiger partial charge in [-0.1, -0.05) is 44.9 Å². The SMILES string of the molecule is CCCC[C@]1(C(=O)N2CC[C@H]3c4ccc(C(F)(C(F)(F)F)C(F)(F)F)cc4CC[C@H]32)CC[C@@H](C(=O)O)[C@H](C)C1. The summed E-state index contributed by atoms with van der Waals surface area (Å²) in [6, 6.07) is 2.16. The van der Waals surface area contributed by atoms with Crippen LogP contribution >= 0.6 is 0 Å². The van der Waals surface area contributed by atoms with Gasteiger partial charge in [0.2, 0.25) is 5.91 Å². The Morgan fingerprint density at radius 3 is 2.28 bits per heavy atom. The molecule has 2 fully saturated rings. The summed E-state index contributed by atoms with van der Waals surface area (Å²) in [5.41, 5.74) is -6.83. The van der Waals surface area contributed by atoms with Gasteiger partial charge < -0.3 is 10.0 Å². The van der Waals surface area contributed by atoms with Crippen LogP contribution in [0.15, 0.2) is 18.2 Å². The number of carbonyl (C=O) groups is 2. The van der Waals surface area contributed by atoms with Gasteiger partial charge in [0.15, 0.2) is 0 Å². The Hall–Kier alpha value is -2.33. The lowest BCUT2D eigenvalue weighted by atomic mass is 9.63. The van der Waals surface area contributed by atoms with Gasteiger partial charge in [0.1, 0.15) is 0 Å². The third kappa shape index (κ3) is 4.92. The molecule has 1 N–H and O–H groups in total. The molecule has 3 aliphatic rings. The summed E-state index contributed by atoms with van der Waals surface area (Å²) in [7, 11) is 0.